The molecule has 4 aromatic heterocycles. The highest BCUT2D eigenvalue weighted by atomic mass is 35.5. The number of rotatable bonds is 5. The molecule has 0 aliphatic heterocycles. The zero-order valence-corrected chi connectivity index (χ0v) is 22.0. The lowest BCUT2D eigenvalue weighted by molar-refractivity contribution is -0.140. The van der Waals surface area contributed by atoms with Gasteiger partial charge in [0.1, 0.15) is 22.2 Å². The summed E-state index contributed by atoms with van der Waals surface area (Å²) in [5, 5.41) is 14.4. The smallest absolute Gasteiger partial charge is 0.412 e. The molecule has 0 spiro atoms. The van der Waals surface area contributed by atoms with Crippen molar-refractivity contribution >= 4 is 72.8 Å². The molecule has 1 atom stereocenters. The van der Waals surface area contributed by atoms with Crippen LogP contribution in [0.15, 0.2) is 47.0 Å². The van der Waals surface area contributed by atoms with E-state index < -0.39 is 23.6 Å². The largest absolute Gasteiger partial charge is 0.481 e. The highest BCUT2D eigenvalue weighted by Gasteiger charge is 2.54. The van der Waals surface area contributed by atoms with E-state index in [1.807, 2.05) is 6.07 Å². The molecule has 1 amide bonds. The molecule has 190 valence electrons. The molecule has 12 heteroatoms. The fraction of sp³-hybridized carbons (Fsp3) is 0.192. The Bertz CT molecular complexity index is 1760. The van der Waals surface area contributed by atoms with Crippen molar-refractivity contribution in [3.63, 3.8) is 0 Å². The summed E-state index contributed by atoms with van der Waals surface area (Å²) in [5.74, 6) is 5.23. The second kappa shape index (κ2) is 9.40. The van der Waals surface area contributed by atoms with Crippen LogP contribution in [0.1, 0.15) is 47.2 Å². The summed E-state index contributed by atoms with van der Waals surface area (Å²) in [7, 11) is 0. The molecule has 0 bridgehead atoms. The number of pyridine rings is 1. The number of nitrogens with one attached hydrogen (secondary N) is 1. The van der Waals surface area contributed by atoms with E-state index in [1.54, 1.807) is 43.5 Å². The molecule has 1 aliphatic rings. The van der Waals surface area contributed by atoms with E-state index in [9.17, 15) is 14.7 Å². The Morgan fingerprint density at radius 1 is 1.16 bits per heavy atom. The van der Waals surface area contributed by atoms with Crippen LogP contribution in [0.3, 0.4) is 0 Å². The summed E-state index contributed by atoms with van der Waals surface area (Å²) >= 11 is 8.78. The molecule has 1 aromatic carbocycles. The molecular weight excluding hydrogens is 548 g/mol. The molecular formula is C26H17ClN4O5S2. The second-order valence-corrected chi connectivity index (χ2v) is 11.0. The highest BCUT2D eigenvalue weighted by Crippen LogP contribution is 2.50. The maximum atomic E-state index is 12.8. The van der Waals surface area contributed by atoms with Gasteiger partial charge in [0.05, 0.1) is 5.39 Å². The van der Waals surface area contributed by atoms with Gasteiger partial charge in [0.2, 0.25) is 11.5 Å². The van der Waals surface area contributed by atoms with Gasteiger partial charge in [0, 0.05) is 16.8 Å². The van der Waals surface area contributed by atoms with Crippen molar-refractivity contribution < 1.29 is 23.8 Å². The molecule has 4 heterocycles. The number of hydrogen-bond acceptors (Lipinski definition) is 9. The van der Waals surface area contributed by atoms with Crippen molar-refractivity contribution in [3.8, 4) is 11.8 Å². The Balaban J connectivity index is 1.26. The molecule has 1 aliphatic carbocycles. The Morgan fingerprint density at radius 2 is 1.95 bits per heavy atom. The minimum absolute atomic E-state index is 0.191. The van der Waals surface area contributed by atoms with Crippen LogP contribution in [0.4, 0.5) is 10.5 Å². The Labute approximate surface area is 228 Å². The molecule has 0 radical (unpaired) electrons. The number of ether oxygens (including phenoxy) is 1. The summed E-state index contributed by atoms with van der Waals surface area (Å²) in [5.41, 5.74) is 0.449. The molecule has 1 saturated carbocycles. The van der Waals surface area contributed by atoms with Gasteiger partial charge in [-0.2, -0.15) is 0 Å². The van der Waals surface area contributed by atoms with Crippen molar-refractivity contribution in [2.24, 2.45) is 0 Å². The van der Waals surface area contributed by atoms with E-state index in [-0.39, 0.29) is 5.76 Å². The number of carboxylic acid groups (broad SMARTS) is 1. The Morgan fingerprint density at radius 3 is 2.68 bits per heavy atom. The van der Waals surface area contributed by atoms with Crippen molar-refractivity contribution in [3.05, 3.63) is 69.0 Å². The topological polar surface area (TPSA) is 127 Å². The third kappa shape index (κ3) is 4.36. The lowest BCUT2D eigenvalue weighted by Crippen LogP contribution is -2.18. The van der Waals surface area contributed by atoms with Crippen molar-refractivity contribution in [1.29, 1.82) is 0 Å². The predicted octanol–water partition coefficient (Wildman–Crippen LogP) is 6.37. The van der Waals surface area contributed by atoms with Gasteiger partial charge in [0.15, 0.2) is 14.7 Å². The minimum atomic E-state index is -0.864. The van der Waals surface area contributed by atoms with Gasteiger partial charge >= 0.3 is 12.1 Å². The van der Waals surface area contributed by atoms with E-state index in [1.165, 1.54) is 22.7 Å². The van der Waals surface area contributed by atoms with E-state index in [2.05, 4.69) is 32.1 Å². The van der Waals surface area contributed by atoms with Gasteiger partial charge in [0.25, 0.3) is 0 Å². The van der Waals surface area contributed by atoms with Gasteiger partial charge in [-0.05, 0) is 49.8 Å². The monoisotopic (exact) mass is 564 g/mol. The summed E-state index contributed by atoms with van der Waals surface area (Å²) < 4.78 is 11.4. The van der Waals surface area contributed by atoms with Crippen LogP contribution in [0.25, 0.3) is 20.8 Å². The third-order valence-electron chi connectivity index (χ3n) is 6.15. The number of anilines is 1. The molecule has 0 saturated heterocycles. The maximum Gasteiger partial charge on any atom is 0.412 e. The van der Waals surface area contributed by atoms with Crippen LogP contribution in [0.2, 0.25) is 5.02 Å². The molecule has 1 fully saturated rings. The van der Waals surface area contributed by atoms with Gasteiger partial charge in [-0.1, -0.05) is 52.5 Å². The number of furan rings is 1. The maximum absolute atomic E-state index is 12.8. The number of halogens is 1. The highest BCUT2D eigenvalue weighted by molar-refractivity contribution is 7.26. The van der Waals surface area contributed by atoms with Gasteiger partial charge in [-0.25, -0.2) is 19.7 Å². The lowest BCUT2D eigenvalue weighted by atomic mass is 10.1. The number of carbonyl (C=O) groups excluding carboxylic acids is 1. The van der Waals surface area contributed by atoms with E-state index in [0.717, 1.165) is 0 Å². The predicted molar refractivity (Wildman–Crippen MR) is 144 cm³/mol. The van der Waals surface area contributed by atoms with Gasteiger partial charge < -0.3 is 14.3 Å². The van der Waals surface area contributed by atoms with E-state index in [0.29, 0.717) is 59.9 Å². The number of amides is 1. The zero-order valence-electron chi connectivity index (χ0n) is 19.6. The number of thiazole rings is 2. The molecule has 1 unspecified atom stereocenters. The molecule has 6 rings (SSSR count). The normalized spacial score (nSPS) is 14.6. The first-order valence-corrected chi connectivity index (χ1v) is 13.5. The van der Waals surface area contributed by atoms with Crippen LogP contribution < -0.4 is 5.32 Å². The minimum Gasteiger partial charge on any atom is -0.481 e. The van der Waals surface area contributed by atoms with E-state index >= 15 is 0 Å². The van der Waals surface area contributed by atoms with Gasteiger partial charge in [-0.15, -0.1) is 0 Å². The van der Waals surface area contributed by atoms with Crippen LogP contribution in [0.5, 0.6) is 0 Å². The Hall–Kier alpha value is -3.98. The van der Waals surface area contributed by atoms with Crippen LogP contribution in [0, 0.1) is 11.8 Å². The number of carbonyl (C=O) groups is 2. The number of fused-ring (bicyclic) bond motifs is 2. The summed E-state index contributed by atoms with van der Waals surface area (Å²) in [6.07, 6.45) is 1.46. The average Bonchev–Trinajstić information content (AvgIpc) is 3.32. The van der Waals surface area contributed by atoms with Crippen LogP contribution >= 0.6 is 34.3 Å². The SMILES string of the molecule is CC(OC(=O)Nc1c(C#Cc2nc3sc(C4(C(=O)O)CC4)nc3s2)oc2ncccc12)c1ccccc1Cl. The first kappa shape index (κ1) is 24.4. The first-order valence-electron chi connectivity index (χ1n) is 11.5. The molecule has 38 heavy (non-hydrogen) atoms. The molecule has 2 N–H and O–H groups in total. The van der Waals surface area contributed by atoms with Crippen LogP contribution in [-0.4, -0.2) is 32.1 Å². The summed E-state index contributed by atoms with van der Waals surface area (Å²) in [6, 6.07) is 10.6. The lowest BCUT2D eigenvalue weighted by Gasteiger charge is -2.15. The van der Waals surface area contributed by atoms with Crippen LogP contribution in [-0.2, 0) is 14.9 Å². The second-order valence-electron chi connectivity index (χ2n) is 8.64. The summed E-state index contributed by atoms with van der Waals surface area (Å²) in [4.78, 5) is 38.9. The average molecular weight is 565 g/mol. The number of carboxylic acids is 1. The van der Waals surface area contributed by atoms with Crippen molar-refractivity contribution in [2.75, 3.05) is 5.32 Å². The van der Waals surface area contributed by atoms with E-state index in [4.69, 9.17) is 20.8 Å². The quantitative estimate of drug-likeness (QED) is 0.236. The van der Waals surface area contributed by atoms with Crippen molar-refractivity contribution in [2.45, 2.75) is 31.3 Å². The third-order valence-corrected chi connectivity index (χ3v) is 8.64. The zero-order chi connectivity index (χ0) is 26.4. The fourth-order valence-corrected chi connectivity index (χ4v) is 6.38. The molecule has 5 aromatic rings. The number of aliphatic carboxylic acids is 1. The number of nitrogens with zero attached hydrogens (tertiary/aromatic N) is 3. The number of hydrogen-bond donors (Lipinski definition) is 2. The molecule has 9 nitrogen and oxygen atoms in total. The van der Waals surface area contributed by atoms with Gasteiger partial charge in [-0.3, -0.25) is 10.1 Å². The first-order chi connectivity index (χ1) is 18.3. The fourth-order valence-electron chi connectivity index (χ4n) is 3.96. The Kier molecular flexibility index (Phi) is 6.03. The number of benzene rings is 1. The summed E-state index contributed by atoms with van der Waals surface area (Å²) in [6.45, 7) is 1.73. The van der Waals surface area contributed by atoms with Crippen molar-refractivity contribution in [1.82, 2.24) is 15.0 Å². The number of aromatic nitrogens is 3. The standard InChI is InChI=1S/C26H17ClN4O5S2/c1-13(14-5-2-3-7-16(14)27)35-25(34)30-19-15-6-4-12-28-20(15)36-17(19)8-9-18-29-21-22(37-18)31-23(38-21)26(10-11-26)24(32)33/h2-7,12-13H,10-11H2,1H3,(H,30,34)(H,32,33).